The SMILES string of the molecule is Cc1[nH]c(=O)nc(SC2CCCC2O)c1C(=O)O. The van der Waals surface area contributed by atoms with E-state index in [1.807, 2.05) is 0 Å². The molecule has 6 nitrogen and oxygen atoms in total. The number of aromatic carboxylic acids is 1. The molecule has 0 bridgehead atoms. The molecule has 1 aromatic rings. The lowest BCUT2D eigenvalue weighted by Gasteiger charge is -2.14. The number of aromatic nitrogens is 2. The predicted molar refractivity (Wildman–Crippen MR) is 66.1 cm³/mol. The molecule has 0 spiro atoms. The van der Waals surface area contributed by atoms with Crippen LogP contribution < -0.4 is 5.69 Å². The van der Waals surface area contributed by atoms with E-state index in [1.165, 1.54) is 18.7 Å². The zero-order valence-electron chi connectivity index (χ0n) is 9.84. The summed E-state index contributed by atoms with van der Waals surface area (Å²) in [7, 11) is 0. The second-order valence-electron chi connectivity index (χ2n) is 4.31. The number of rotatable bonds is 3. The van der Waals surface area contributed by atoms with Crippen LogP contribution in [0, 0.1) is 6.92 Å². The highest BCUT2D eigenvalue weighted by atomic mass is 32.2. The van der Waals surface area contributed by atoms with E-state index in [-0.39, 0.29) is 21.5 Å². The standard InChI is InChI=1S/C11H14N2O4S/c1-5-8(10(15)16)9(13-11(17)12-5)18-7-4-2-3-6(7)14/h6-7,14H,2-4H2,1H3,(H,15,16)(H,12,13,17). The van der Waals surface area contributed by atoms with Crippen LogP contribution in [0.25, 0.3) is 0 Å². The first-order chi connectivity index (χ1) is 8.49. The smallest absolute Gasteiger partial charge is 0.346 e. The van der Waals surface area contributed by atoms with Crippen molar-refractivity contribution in [2.45, 2.75) is 42.6 Å². The molecule has 2 rings (SSSR count). The Hall–Kier alpha value is -1.34. The van der Waals surface area contributed by atoms with Crippen LogP contribution in [0.15, 0.2) is 9.82 Å². The molecular weight excluding hydrogens is 256 g/mol. The maximum absolute atomic E-state index is 11.3. The maximum Gasteiger partial charge on any atom is 0.346 e. The van der Waals surface area contributed by atoms with E-state index in [0.717, 1.165) is 12.8 Å². The van der Waals surface area contributed by atoms with Gasteiger partial charge in [0.2, 0.25) is 0 Å². The minimum Gasteiger partial charge on any atom is -0.478 e. The molecule has 1 aromatic heterocycles. The molecule has 7 heteroatoms. The average Bonchev–Trinajstić information content (AvgIpc) is 2.62. The van der Waals surface area contributed by atoms with Gasteiger partial charge in [0.05, 0.1) is 6.10 Å². The van der Waals surface area contributed by atoms with Crippen LogP contribution in [0.3, 0.4) is 0 Å². The first-order valence-electron chi connectivity index (χ1n) is 5.68. The third-order valence-corrected chi connectivity index (χ3v) is 4.35. The topological polar surface area (TPSA) is 103 Å². The summed E-state index contributed by atoms with van der Waals surface area (Å²) in [5.41, 5.74) is -0.260. The van der Waals surface area contributed by atoms with Crippen LogP contribution in [0.1, 0.15) is 35.3 Å². The Bertz CT molecular complexity index is 528. The molecule has 0 aliphatic heterocycles. The number of H-pyrrole nitrogens is 1. The number of carbonyl (C=O) groups is 1. The lowest BCUT2D eigenvalue weighted by molar-refractivity contribution is 0.0690. The number of nitrogens with zero attached hydrogens (tertiary/aromatic N) is 1. The Morgan fingerprint density at radius 2 is 2.22 bits per heavy atom. The van der Waals surface area contributed by atoms with E-state index >= 15 is 0 Å². The maximum atomic E-state index is 11.3. The van der Waals surface area contributed by atoms with E-state index in [1.54, 1.807) is 0 Å². The molecule has 98 valence electrons. The number of hydrogen-bond donors (Lipinski definition) is 3. The van der Waals surface area contributed by atoms with Crippen LogP contribution >= 0.6 is 11.8 Å². The van der Waals surface area contributed by atoms with Crippen molar-refractivity contribution in [1.29, 1.82) is 0 Å². The van der Waals surface area contributed by atoms with Crippen LogP contribution in [-0.2, 0) is 0 Å². The molecule has 1 heterocycles. The van der Waals surface area contributed by atoms with Crippen LogP contribution in [0.4, 0.5) is 0 Å². The van der Waals surface area contributed by atoms with E-state index in [2.05, 4.69) is 9.97 Å². The van der Waals surface area contributed by atoms with Crippen LogP contribution in [0.5, 0.6) is 0 Å². The largest absolute Gasteiger partial charge is 0.478 e. The van der Waals surface area contributed by atoms with Crippen molar-refractivity contribution in [3.05, 3.63) is 21.7 Å². The number of aliphatic hydroxyl groups is 1. The van der Waals surface area contributed by atoms with Crippen LogP contribution in [-0.4, -0.2) is 37.5 Å². The van der Waals surface area contributed by atoms with Crippen molar-refractivity contribution in [3.63, 3.8) is 0 Å². The molecule has 2 unspecified atom stereocenters. The number of carboxylic acids is 1. The van der Waals surface area contributed by atoms with Crippen molar-refractivity contribution >= 4 is 17.7 Å². The van der Waals surface area contributed by atoms with E-state index < -0.39 is 17.8 Å². The zero-order valence-corrected chi connectivity index (χ0v) is 10.7. The summed E-state index contributed by atoms with van der Waals surface area (Å²) >= 11 is 1.18. The Balaban J connectivity index is 2.36. The molecule has 1 saturated carbocycles. The summed E-state index contributed by atoms with van der Waals surface area (Å²) in [6, 6.07) is 0. The van der Waals surface area contributed by atoms with Gasteiger partial charge in [-0.2, -0.15) is 4.98 Å². The number of hydrogen-bond acceptors (Lipinski definition) is 5. The Morgan fingerprint density at radius 3 is 2.78 bits per heavy atom. The van der Waals surface area contributed by atoms with Crippen molar-refractivity contribution in [2.24, 2.45) is 0 Å². The quantitative estimate of drug-likeness (QED) is 0.701. The molecular formula is C11H14N2O4S. The van der Waals surface area contributed by atoms with Crippen molar-refractivity contribution in [1.82, 2.24) is 9.97 Å². The summed E-state index contributed by atoms with van der Waals surface area (Å²) in [6.07, 6.45) is 1.96. The first kappa shape index (κ1) is 13.1. The number of carboxylic acid groups (broad SMARTS) is 1. The fraction of sp³-hybridized carbons (Fsp3) is 0.545. The van der Waals surface area contributed by atoms with Crippen molar-refractivity contribution < 1.29 is 15.0 Å². The van der Waals surface area contributed by atoms with Gasteiger partial charge < -0.3 is 15.2 Å². The minimum absolute atomic E-state index is 0.0127. The highest BCUT2D eigenvalue weighted by molar-refractivity contribution is 8.00. The van der Waals surface area contributed by atoms with Gasteiger partial charge in [-0.1, -0.05) is 11.8 Å². The summed E-state index contributed by atoms with van der Waals surface area (Å²) in [6.45, 7) is 1.53. The van der Waals surface area contributed by atoms with E-state index in [4.69, 9.17) is 5.11 Å². The molecule has 3 N–H and O–H groups in total. The number of aliphatic hydroxyl groups excluding tert-OH is 1. The lowest BCUT2D eigenvalue weighted by Crippen LogP contribution is -2.21. The molecule has 1 fully saturated rings. The zero-order chi connectivity index (χ0) is 13.3. The summed E-state index contributed by atoms with van der Waals surface area (Å²) < 4.78 is 0. The van der Waals surface area contributed by atoms with E-state index in [0.29, 0.717) is 6.42 Å². The average molecular weight is 270 g/mol. The Labute approximate surface area is 107 Å². The fourth-order valence-electron chi connectivity index (χ4n) is 2.08. The minimum atomic E-state index is -1.12. The van der Waals surface area contributed by atoms with Crippen LogP contribution in [0.2, 0.25) is 0 Å². The second-order valence-corrected chi connectivity index (χ2v) is 5.53. The molecule has 2 atom stereocenters. The van der Waals surface area contributed by atoms with Crippen molar-refractivity contribution in [2.75, 3.05) is 0 Å². The Morgan fingerprint density at radius 1 is 1.50 bits per heavy atom. The number of aromatic amines is 1. The van der Waals surface area contributed by atoms with E-state index in [9.17, 15) is 14.7 Å². The molecule has 1 aliphatic rings. The summed E-state index contributed by atoms with van der Waals surface area (Å²) in [4.78, 5) is 28.6. The molecule has 0 radical (unpaired) electrons. The van der Waals surface area contributed by atoms with Gasteiger partial charge in [0.25, 0.3) is 0 Å². The van der Waals surface area contributed by atoms with Gasteiger partial charge in [-0.05, 0) is 26.2 Å². The third-order valence-electron chi connectivity index (χ3n) is 2.98. The molecule has 0 amide bonds. The van der Waals surface area contributed by atoms with Gasteiger partial charge in [-0.15, -0.1) is 0 Å². The van der Waals surface area contributed by atoms with Gasteiger partial charge in [0.15, 0.2) is 0 Å². The number of nitrogens with one attached hydrogen (secondary N) is 1. The Kier molecular flexibility index (Phi) is 3.72. The lowest BCUT2D eigenvalue weighted by atomic mass is 10.2. The van der Waals surface area contributed by atoms with Gasteiger partial charge in [-0.3, -0.25) is 0 Å². The first-order valence-corrected chi connectivity index (χ1v) is 6.56. The van der Waals surface area contributed by atoms with Gasteiger partial charge in [0, 0.05) is 10.9 Å². The van der Waals surface area contributed by atoms with Crippen molar-refractivity contribution in [3.8, 4) is 0 Å². The normalized spacial score (nSPS) is 23.2. The molecule has 1 aliphatic carbocycles. The molecule has 0 aromatic carbocycles. The predicted octanol–water partition coefficient (Wildman–Crippen LogP) is 0.782. The van der Waals surface area contributed by atoms with Gasteiger partial charge in [-0.25, -0.2) is 9.59 Å². The second kappa shape index (κ2) is 5.11. The van der Waals surface area contributed by atoms with Gasteiger partial charge >= 0.3 is 11.7 Å². The highest BCUT2D eigenvalue weighted by Gasteiger charge is 2.29. The summed E-state index contributed by atoms with van der Waals surface area (Å²) in [5.74, 6) is -1.12. The number of thioether (sulfide) groups is 1. The molecule has 18 heavy (non-hydrogen) atoms. The fourth-order valence-corrected chi connectivity index (χ4v) is 3.44. The monoisotopic (exact) mass is 270 g/mol. The highest BCUT2D eigenvalue weighted by Crippen LogP contribution is 2.35. The third kappa shape index (κ3) is 2.56. The summed E-state index contributed by atoms with van der Waals surface area (Å²) in [5, 5.41) is 19.0. The molecule has 0 saturated heterocycles. The number of aryl methyl sites for hydroxylation is 1. The van der Waals surface area contributed by atoms with Gasteiger partial charge in [0.1, 0.15) is 10.6 Å².